The lowest BCUT2D eigenvalue weighted by Crippen LogP contribution is -2.58. The largest absolute Gasteiger partial charge is 0.573 e. The molecule has 1 N–H and O–H groups in total. The maximum Gasteiger partial charge on any atom is 0.573 e. The number of benzene rings is 3. The van der Waals surface area contributed by atoms with Gasteiger partial charge in [-0.25, -0.2) is 0 Å². The smallest absolute Gasteiger partial charge is 0.483 e. The van der Waals surface area contributed by atoms with Gasteiger partial charge < -0.3 is 29.4 Å². The number of amides is 2. The number of nitrogens with one attached hydrogen (secondary N) is 1. The van der Waals surface area contributed by atoms with Crippen LogP contribution in [0.4, 0.5) is 45.2 Å². The van der Waals surface area contributed by atoms with E-state index in [2.05, 4.69) is 26.0 Å². The summed E-state index contributed by atoms with van der Waals surface area (Å²) < 4.78 is 127. The fourth-order valence-corrected chi connectivity index (χ4v) is 5.30. The van der Waals surface area contributed by atoms with Crippen LogP contribution < -0.4 is 14.8 Å². The number of aldehydes is 1. The molecule has 1 atom stereocenters. The molecule has 3 aromatic rings. The van der Waals surface area contributed by atoms with Gasteiger partial charge in [-0.1, -0.05) is 6.07 Å². The minimum Gasteiger partial charge on any atom is -0.483 e. The molecule has 3 aromatic carbocycles. The summed E-state index contributed by atoms with van der Waals surface area (Å²) in [6.07, 6.45) is -14.7. The SMILES string of the molecule is CNc1ccc(-c2cc(C(F)(F)F)cc(C(F)(F)F)c2)cc1C(=O)N1CCN(C(=O)COc2ccc(OC(F)(F)F)cc2Br)CC1C=O. The molecule has 1 heterocycles. The number of halogens is 10. The maximum atomic E-state index is 13.7. The number of carbonyl (C=O) groups excluding carboxylic acids is 3. The van der Waals surface area contributed by atoms with Gasteiger partial charge in [0.15, 0.2) is 6.61 Å². The summed E-state index contributed by atoms with van der Waals surface area (Å²) in [5.41, 5.74) is -3.65. The first-order valence-corrected chi connectivity index (χ1v) is 14.4. The van der Waals surface area contributed by atoms with E-state index in [9.17, 15) is 53.9 Å². The molecular formula is C30H23BrF9N3O5. The summed E-state index contributed by atoms with van der Waals surface area (Å²) in [5.74, 6) is -1.93. The lowest BCUT2D eigenvalue weighted by atomic mass is 9.96. The Morgan fingerprint density at radius 1 is 0.896 bits per heavy atom. The molecule has 2 amide bonds. The summed E-state index contributed by atoms with van der Waals surface area (Å²) in [7, 11) is 1.43. The summed E-state index contributed by atoms with van der Waals surface area (Å²) in [6.45, 7) is -1.14. The zero-order chi connectivity index (χ0) is 35.6. The minimum atomic E-state index is -5.09. The van der Waals surface area contributed by atoms with Gasteiger partial charge in [-0.15, -0.1) is 13.2 Å². The van der Waals surface area contributed by atoms with Crippen LogP contribution in [0.1, 0.15) is 21.5 Å². The third-order valence-corrected chi connectivity index (χ3v) is 7.74. The van der Waals surface area contributed by atoms with Crippen molar-refractivity contribution in [3.8, 4) is 22.6 Å². The van der Waals surface area contributed by atoms with Crippen molar-refractivity contribution in [1.82, 2.24) is 9.80 Å². The number of carbonyl (C=O) groups is 3. The second-order valence-corrected chi connectivity index (χ2v) is 11.1. The number of nitrogens with zero attached hydrogens (tertiary/aromatic N) is 2. The molecule has 0 saturated carbocycles. The van der Waals surface area contributed by atoms with E-state index < -0.39 is 65.6 Å². The second-order valence-electron chi connectivity index (χ2n) is 10.3. The van der Waals surface area contributed by atoms with Crippen LogP contribution in [-0.2, 0) is 21.9 Å². The predicted molar refractivity (Wildman–Crippen MR) is 155 cm³/mol. The summed E-state index contributed by atoms with van der Waals surface area (Å²) in [5, 5.41) is 2.73. The Morgan fingerprint density at radius 2 is 1.54 bits per heavy atom. The van der Waals surface area contributed by atoms with Gasteiger partial charge in [0.2, 0.25) is 0 Å². The molecule has 0 aromatic heterocycles. The molecule has 1 aliphatic heterocycles. The highest BCUT2D eigenvalue weighted by Gasteiger charge is 2.38. The van der Waals surface area contributed by atoms with E-state index in [-0.39, 0.29) is 52.7 Å². The van der Waals surface area contributed by atoms with Crippen LogP contribution in [0.5, 0.6) is 11.5 Å². The Labute approximate surface area is 274 Å². The molecule has 1 unspecified atom stereocenters. The Hall–Kier alpha value is -4.48. The number of hydrogen-bond acceptors (Lipinski definition) is 6. The molecule has 8 nitrogen and oxygen atoms in total. The highest BCUT2D eigenvalue weighted by Crippen LogP contribution is 2.39. The van der Waals surface area contributed by atoms with E-state index in [4.69, 9.17) is 4.74 Å². The first kappa shape index (κ1) is 36.4. The van der Waals surface area contributed by atoms with Crippen LogP contribution in [-0.4, -0.2) is 73.6 Å². The number of piperazine rings is 1. The van der Waals surface area contributed by atoms with E-state index in [1.165, 1.54) is 24.1 Å². The van der Waals surface area contributed by atoms with Gasteiger partial charge in [0.25, 0.3) is 11.8 Å². The number of anilines is 1. The van der Waals surface area contributed by atoms with Gasteiger partial charge in [-0.3, -0.25) is 9.59 Å². The van der Waals surface area contributed by atoms with Crippen LogP contribution in [0.3, 0.4) is 0 Å². The highest BCUT2D eigenvalue weighted by atomic mass is 79.9. The normalized spacial score (nSPS) is 15.6. The van der Waals surface area contributed by atoms with Crippen LogP contribution in [0.25, 0.3) is 11.1 Å². The zero-order valence-electron chi connectivity index (χ0n) is 24.4. The van der Waals surface area contributed by atoms with Gasteiger partial charge in [0.1, 0.15) is 23.8 Å². The summed E-state index contributed by atoms with van der Waals surface area (Å²) >= 11 is 3.03. The quantitative estimate of drug-likeness (QED) is 0.197. The standard InChI is InChI=1S/C30H23BrF9N3O5/c1-41-24-4-2-16(17-8-18(28(32,33)34)11-19(9-17)29(35,36)37)10-22(24)27(46)43-7-6-42(13-20(43)14-44)26(45)15-47-25-5-3-21(12-23(25)31)48-30(38,39)40/h2-5,8-12,14,20,41H,6-7,13,15H2,1H3. The van der Waals surface area contributed by atoms with Gasteiger partial charge >= 0.3 is 18.7 Å². The van der Waals surface area contributed by atoms with Crippen molar-refractivity contribution in [2.75, 3.05) is 38.6 Å². The molecule has 1 fully saturated rings. The Bertz CT molecular complexity index is 1660. The number of alkyl halides is 9. The van der Waals surface area contributed by atoms with E-state index in [0.717, 1.165) is 29.2 Å². The van der Waals surface area contributed by atoms with Crippen molar-refractivity contribution in [3.63, 3.8) is 0 Å². The van der Waals surface area contributed by atoms with E-state index in [0.29, 0.717) is 18.4 Å². The molecular weight excluding hydrogens is 733 g/mol. The minimum absolute atomic E-state index is 0.0138. The van der Waals surface area contributed by atoms with Crippen LogP contribution in [0, 0.1) is 0 Å². The topological polar surface area (TPSA) is 88.2 Å². The van der Waals surface area contributed by atoms with Gasteiger partial charge in [0.05, 0.1) is 21.2 Å². The fraction of sp³-hybridized carbons (Fsp3) is 0.300. The summed E-state index contributed by atoms with van der Waals surface area (Å²) in [4.78, 5) is 40.9. The van der Waals surface area contributed by atoms with E-state index >= 15 is 0 Å². The third kappa shape index (κ3) is 8.70. The Kier molecular flexibility index (Phi) is 10.6. The number of hydrogen-bond donors (Lipinski definition) is 1. The van der Waals surface area contributed by atoms with Crippen molar-refractivity contribution in [2.45, 2.75) is 24.8 Å². The third-order valence-electron chi connectivity index (χ3n) is 7.12. The molecule has 258 valence electrons. The molecule has 0 bridgehead atoms. The molecule has 18 heteroatoms. The average molecular weight is 756 g/mol. The van der Waals surface area contributed by atoms with Crippen molar-refractivity contribution in [3.05, 3.63) is 75.8 Å². The monoisotopic (exact) mass is 755 g/mol. The fourth-order valence-electron chi connectivity index (χ4n) is 4.83. The maximum absolute atomic E-state index is 13.7. The van der Waals surface area contributed by atoms with Gasteiger partial charge in [0, 0.05) is 32.4 Å². The van der Waals surface area contributed by atoms with E-state index in [1.54, 1.807) is 0 Å². The lowest BCUT2D eigenvalue weighted by Gasteiger charge is -2.39. The average Bonchev–Trinajstić information content (AvgIpc) is 3.01. The van der Waals surface area contributed by atoms with E-state index in [1.807, 2.05) is 0 Å². The van der Waals surface area contributed by atoms with Crippen molar-refractivity contribution in [1.29, 1.82) is 0 Å². The molecule has 1 aliphatic rings. The Morgan fingerprint density at radius 3 is 2.08 bits per heavy atom. The van der Waals surface area contributed by atoms with Crippen LogP contribution in [0.2, 0.25) is 0 Å². The second kappa shape index (κ2) is 13.9. The van der Waals surface area contributed by atoms with Crippen molar-refractivity contribution in [2.24, 2.45) is 0 Å². The predicted octanol–water partition coefficient (Wildman–Crippen LogP) is 7.02. The molecule has 1 saturated heterocycles. The molecule has 0 radical (unpaired) electrons. The first-order chi connectivity index (χ1) is 22.3. The number of rotatable bonds is 8. The first-order valence-electron chi connectivity index (χ1n) is 13.6. The highest BCUT2D eigenvalue weighted by molar-refractivity contribution is 9.10. The molecule has 0 spiro atoms. The number of ether oxygens (including phenoxy) is 2. The Balaban J connectivity index is 1.52. The van der Waals surface area contributed by atoms with Gasteiger partial charge in [-0.2, -0.15) is 26.3 Å². The molecule has 4 rings (SSSR count). The molecule has 0 aliphatic carbocycles. The summed E-state index contributed by atoms with van der Waals surface area (Å²) in [6, 6.07) is 6.59. The lowest BCUT2D eigenvalue weighted by molar-refractivity contribution is -0.274. The van der Waals surface area contributed by atoms with Gasteiger partial charge in [-0.05, 0) is 75.6 Å². The van der Waals surface area contributed by atoms with Crippen molar-refractivity contribution < 1.29 is 63.4 Å². The zero-order valence-corrected chi connectivity index (χ0v) is 26.0. The van der Waals surface area contributed by atoms with Crippen LogP contribution >= 0.6 is 15.9 Å². The van der Waals surface area contributed by atoms with Crippen molar-refractivity contribution >= 4 is 39.7 Å². The molecule has 48 heavy (non-hydrogen) atoms. The van der Waals surface area contributed by atoms with Crippen LogP contribution in [0.15, 0.2) is 59.1 Å².